The summed E-state index contributed by atoms with van der Waals surface area (Å²) in [6.07, 6.45) is 1.95. The van der Waals surface area contributed by atoms with E-state index < -0.39 is 0 Å². The highest BCUT2D eigenvalue weighted by atomic mass is 16.2. The van der Waals surface area contributed by atoms with E-state index in [4.69, 9.17) is 0 Å². The summed E-state index contributed by atoms with van der Waals surface area (Å²) in [7, 11) is 2.11. The van der Waals surface area contributed by atoms with Crippen LogP contribution >= 0.6 is 0 Å². The summed E-state index contributed by atoms with van der Waals surface area (Å²) in [5, 5.41) is 0. The lowest BCUT2D eigenvalue weighted by atomic mass is 10.0. The maximum absolute atomic E-state index is 12.0. The van der Waals surface area contributed by atoms with Crippen molar-refractivity contribution in [1.82, 2.24) is 9.80 Å². The van der Waals surface area contributed by atoms with Gasteiger partial charge in [0.15, 0.2) is 0 Å². The highest BCUT2D eigenvalue weighted by Crippen LogP contribution is 2.13. The number of hydrogen-bond acceptors (Lipinski definition) is 2. The number of nitrogens with zero attached hydrogens (tertiary/aromatic N) is 2. The number of hydrogen-bond donors (Lipinski definition) is 0. The van der Waals surface area contributed by atoms with Crippen LogP contribution in [0.2, 0.25) is 0 Å². The van der Waals surface area contributed by atoms with E-state index >= 15 is 0 Å². The molecule has 1 amide bonds. The van der Waals surface area contributed by atoms with Crippen LogP contribution in [-0.4, -0.2) is 48.9 Å². The third-order valence-electron chi connectivity index (χ3n) is 3.15. The second kappa shape index (κ2) is 5.35. The summed E-state index contributed by atoms with van der Waals surface area (Å²) in [6.45, 7) is 8.06. The van der Waals surface area contributed by atoms with Crippen molar-refractivity contribution in [3.05, 3.63) is 0 Å². The summed E-state index contributed by atoms with van der Waals surface area (Å²) >= 11 is 0. The second-order valence-electron chi connectivity index (χ2n) is 4.14. The number of carbonyl (C=O) groups excluding carboxylic acids is 1. The maximum Gasteiger partial charge on any atom is 0.225 e. The van der Waals surface area contributed by atoms with Gasteiger partial charge >= 0.3 is 0 Å². The predicted octanol–water partition coefficient (Wildman–Crippen LogP) is 1.20. The summed E-state index contributed by atoms with van der Waals surface area (Å²) in [5.74, 6) is 0.613. The van der Waals surface area contributed by atoms with Crippen molar-refractivity contribution < 1.29 is 4.79 Å². The minimum atomic E-state index is 0.249. The van der Waals surface area contributed by atoms with E-state index in [-0.39, 0.29) is 5.92 Å². The van der Waals surface area contributed by atoms with Gasteiger partial charge in [0.2, 0.25) is 5.91 Å². The largest absolute Gasteiger partial charge is 0.340 e. The molecule has 0 spiro atoms. The number of amides is 1. The molecule has 0 radical (unpaired) electrons. The molecule has 82 valence electrons. The first kappa shape index (κ1) is 11.5. The molecule has 0 aliphatic carbocycles. The molecule has 1 fully saturated rings. The molecule has 0 saturated carbocycles. The number of rotatable bonds is 3. The van der Waals surface area contributed by atoms with Gasteiger partial charge in [-0.15, -0.1) is 0 Å². The zero-order valence-electron chi connectivity index (χ0n) is 9.62. The molecule has 14 heavy (non-hydrogen) atoms. The minimum absolute atomic E-state index is 0.249. The molecule has 1 aliphatic rings. The van der Waals surface area contributed by atoms with Gasteiger partial charge in [-0.05, 0) is 19.9 Å². The second-order valence-corrected chi connectivity index (χ2v) is 4.14. The maximum atomic E-state index is 12.0. The Hall–Kier alpha value is -0.570. The van der Waals surface area contributed by atoms with Gasteiger partial charge in [0.1, 0.15) is 0 Å². The topological polar surface area (TPSA) is 23.6 Å². The van der Waals surface area contributed by atoms with E-state index in [0.29, 0.717) is 5.91 Å². The molecule has 3 heteroatoms. The average molecular weight is 198 g/mol. The normalized spacial score (nSPS) is 19.0. The highest BCUT2D eigenvalue weighted by Gasteiger charge is 2.23. The Morgan fingerprint density at radius 3 is 2.07 bits per heavy atom. The molecule has 0 N–H and O–H groups in total. The van der Waals surface area contributed by atoms with Gasteiger partial charge in [-0.3, -0.25) is 4.79 Å². The molecular formula is C11H22N2O. The van der Waals surface area contributed by atoms with Gasteiger partial charge in [-0.2, -0.15) is 0 Å². The van der Waals surface area contributed by atoms with E-state index in [1.54, 1.807) is 0 Å². The van der Waals surface area contributed by atoms with Crippen molar-refractivity contribution in [1.29, 1.82) is 0 Å². The predicted molar refractivity (Wildman–Crippen MR) is 58.1 cm³/mol. The fourth-order valence-corrected chi connectivity index (χ4v) is 1.92. The third-order valence-corrected chi connectivity index (χ3v) is 3.15. The van der Waals surface area contributed by atoms with Gasteiger partial charge in [-0.1, -0.05) is 13.8 Å². The Labute approximate surface area is 87.1 Å². The van der Waals surface area contributed by atoms with Crippen molar-refractivity contribution in [2.24, 2.45) is 5.92 Å². The molecule has 0 bridgehead atoms. The monoisotopic (exact) mass is 198 g/mol. The van der Waals surface area contributed by atoms with Gasteiger partial charge in [0.05, 0.1) is 0 Å². The molecule has 1 aliphatic heterocycles. The number of likely N-dealkylation sites (N-methyl/N-ethyl adjacent to an activating group) is 1. The first-order valence-corrected chi connectivity index (χ1v) is 5.66. The third kappa shape index (κ3) is 2.71. The molecule has 0 atom stereocenters. The summed E-state index contributed by atoms with van der Waals surface area (Å²) in [4.78, 5) is 16.3. The highest BCUT2D eigenvalue weighted by molar-refractivity contribution is 5.78. The van der Waals surface area contributed by atoms with Crippen LogP contribution < -0.4 is 0 Å². The lowest BCUT2D eigenvalue weighted by Gasteiger charge is -2.34. The molecule has 0 unspecified atom stereocenters. The molecule has 0 aromatic rings. The smallest absolute Gasteiger partial charge is 0.225 e. The van der Waals surface area contributed by atoms with E-state index in [1.807, 2.05) is 4.90 Å². The molecule has 3 nitrogen and oxygen atoms in total. The van der Waals surface area contributed by atoms with Crippen LogP contribution in [0.3, 0.4) is 0 Å². The first-order valence-electron chi connectivity index (χ1n) is 5.66. The Bertz CT molecular complexity index is 182. The van der Waals surface area contributed by atoms with Crippen molar-refractivity contribution in [3.8, 4) is 0 Å². The van der Waals surface area contributed by atoms with Crippen LogP contribution in [0, 0.1) is 5.92 Å². The van der Waals surface area contributed by atoms with Crippen LogP contribution in [0.25, 0.3) is 0 Å². The molecule has 0 aromatic heterocycles. The minimum Gasteiger partial charge on any atom is -0.340 e. The summed E-state index contributed by atoms with van der Waals surface area (Å²) in [6, 6.07) is 0. The Kier molecular flexibility index (Phi) is 4.39. The zero-order valence-corrected chi connectivity index (χ0v) is 9.62. The number of piperazine rings is 1. The quantitative estimate of drug-likeness (QED) is 0.680. The summed E-state index contributed by atoms with van der Waals surface area (Å²) < 4.78 is 0. The Morgan fingerprint density at radius 1 is 1.14 bits per heavy atom. The van der Waals surface area contributed by atoms with E-state index in [1.165, 1.54) is 0 Å². The van der Waals surface area contributed by atoms with Gasteiger partial charge in [0.25, 0.3) is 0 Å². The lowest BCUT2D eigenvalue weighted by molar-refractivity contribution is -0.137. The average Bonchev–Trinajstić information content (AvgIpc) is 2.20. The number of carbonyl (C=O) groups is 1. The van der Waals surface area contributed by atoms with Gasteiger partial charge in [-0.25, -0.2) is 0 Å². The molecule has 1 heterocycles. The van der Waals surface area contributed by atoms with Crippen LogP contribution in [0.5, 0.6) is 0 Å². The van der Waals surface area contributed by atoms with Crippen LogP contribution in [-0.2, 0) is 4.79 Å². The van der Waals surface area contributed by atoms with Crippen molar-refractivity contribution in [2.75, 3.05) is 33.2 Å². The van der Waals surface area contributed by atoms with Crippen molar-refractivity contribution >= 4 is 5.91 Å². The lowest BCUT2D eigenvalue weighted by Crippen LogP contribution is -2.48. The van der Waals surface area contributed by atoms with Crippen LogP contribution in [0.1, 0.15) is 26.7 Å². The first-order chi connectivity index (χ1) is 6.69. The van der Waals surface area contributed by atoms with Crippen LogP contribution in [0.15, 0.2) is 0 Å². The Morgan fingerprint density at radius 2 is 1.64 bits per heavy atom. The van der Waals surface area contributed by atoms with E-state index in [9.17, 15) is 4.79 Å². The Balaban J connectivity index is 2.44. The zero-order chi connectivity index (χ0) is 10.6. The van der Waals surface area contributed by atoms with Crippen LogP contribution in [0.4, 0.5) is 0 Å². The fourth-order valence-electron chi connectivity index (χ4n) is 1.92. The standard InChI is InChI=1S/C11H22N2O/c1-4-10(5-2)11(14)13-8-6-12(3)7-9-13/h10H,4-9H2,1-3H3. The molecule has 0 aromatic carbocycles. The van der Waals surface area contributed by atoms with Gasteiger partial charge in [0, 0.05) is 32.1 Å². The fraction of sp³-hybridized carbons (Fsp3) is 0.909. The van der Waals surface area contributed by atoms with E-state index in [2.05, 4.69) is 25.8 Å². The molecular weight excluding hydrogens is 176 g/mol. The van der Waals surface area contributed by atoms with Gasteiger partial charge < -0.3 is 9.80 Å². The van der Waals surface area contributed by atoms with Crippen molar-refractivity contribution in [3.63, 3.8) is 0 Å². The SMILES string of the molecule is CCC(CC)C(=O)N1CCN(C)CC1. The molecule has 1 rings (SSSR count). The molecule has 1 saturated heterocycles. The van der Waals surface area contributed by atoms with Crippen molar-refractivity contribution in [2.45, 2.75) is 26.7 Å². The van der Waals surface area contributed by atoms with E-state index in [0.717, 1.165) is 39.0 Å². The summed E-state index contributed by atoms with van der Waals surface area (Å²) in [5.41, 5.74) is 0.